The minimum Gasteiger partial charge on any atom is -0.507 e. The lowest BCUT2D eigenvalue weighted by Crippen LogP contribution is -2.15. The summed E-state index contributed by atoms with van der Waals surface area (Å²) in [6.07, 6.45) is 0.609. The average Bonchev–Trinajstić information content (AvgIpc) is 3.17. The number of hydrogen-bond donors (Lipinski definition) is 4. The Hall–Kier alpha value is -3.43. The van der Waals surface area contributed by atoms with E-state index in [0.29, 0.717) is 35.3 Å². The number of rotatable bonds is 9. The molecule has 0 saturated heterocycles. The lowest BCUT2D eigenvalue weighted by atomic mass is 10.1. The molecular formula is C22H23N3O5S. The number of aliphatic hydroxyl groups is 1. The maximum atomic E-state index is 12.4. The van der Waals surface area contributed by atoms with Gasteiger partial charge in [-0.25, -0.2) is 4.98 Å². The molecule has 0 saturated carbocycles. The fraction of sp³-hybridized carbons (Fsp3) is 0.227. The van der Waals surface area contributed by atoms with E-state index in [1.165, 1.54) is 17.4 Å². The van der Waals surface area contributed by atoms with Gasteiger partial charge in [-0.05, 0) is 43.3 Å². The van der Waals surface area contributed by atoms with Gasteiger partial charge in [-0.3, -0.25) is 14.9 Å². The van der Waals surface area contributed by atoms with Gasteiger partial charge in [0.25, 0.3) is 5.91 Å². The summed E-state index contributed by atoms with van der Waals surface area (Å²) in [5, 5.41) is 26.1. The Bertz CT molecular complexity index is 1050. The van der Waals surface area contributed by atoms with Crippen LogP contribution in [0.25, 0.3) is 0 Å². The maximum Gasteiger partial charge on any atom is 0.261 e. The highest BCUT2D eigenvalue weighted by Crippen LogP contribution is 2.22. The van der Waals surface area contributed by atoms with Crippen LogP contribution in [0.1, 0.15) is 28.0 Å². The second-order valence-corrected chi connectivity index (χ2v) is 7.65. The van der Waals surface area contributed by atoms with Gasteiger partial charge >= 0.3 is 0 Å². The van der Waals surface area contributed by atoms with Gasteiger partial charge in [-0.2, -0.15) is 0 Å². The summed E-state index contributed by atoms with van der Waals surface area (Å²) in [4.78, 5) is 28.9. The number of benzene rings is 2. The highest BCUT2D eigenvalue weighted by molar-refractivity contribution is 7.14. The normalized spacial score (nSPS) is 10.5. The zero-order valence-electron chi connectivity index (χ0n) is 16.9. The van der Waals surface area contributed by atoms with Crippen molar-refractivity contribution in [3.63, 3.8) is 0 Å². The third kappa shape index (κ3) is 6.53. The van der Waals surface area contributed by atoms with E-state index in [-0.39, 0.29) is 30.2 Å². The Morgan fingerprint density at radius 1 is 1.13 bits per heavy atom. The number of thiazole rings is 1. The number of anilines is 2. The van der Waals surface area contributed by atoms with Crippen LogP contribution >= 0.6 is 11.3 Å². The minimum absolute atomic E-state index is 0.0524. The molecule has 3 rings (SSSR count). The van der Waals surface area contributed by atoms with Crippen LogP contribution in [0.15, 0.2) is 47.8 Å². The fourth-order valence-corrected chi connectivity index (χ4v) is 3.41. The number of amides is 2. The van der Waals surface area contributed by atoms with E-state index < -0.39 is 5.91 Å². The molecule has 3 aromatic rings. The molecule has 0 bridgehead atoms. The summed E-state index contributed by atoms with van der Waals surface area (Å²) in [6.45, 7) is 2.33. The molecule has 0 aliphatic rings. The van der Waals surface area contributed by atoms with E-state index in [0.717, 1.165) is 5.56 Å². The van der Waals surface area contributed by atoms with Crippen molar-refractivity contribution in [3.8, 4) is 11.5 Å². The topological polar surface area (TPSA) is 121 Å². The van der Waals surface area contributed by atoms with E-state index in [9.17, 15) is 14.7 Å². The molecule has 31 heavy (non-hydrogen) atoms. The van der Waals surface area contributed by atoms with Gasteiger partial charge in [0.1, 0.15) is 11.5 Å². The number of carbonyl (C=O) groups is 2. The zero-order chi connectivity index (χ0) is 22.2. The molecule has 0 fully saturated rings. The van der Waals surface area contributed by atoms with Crippen molar-refractivity contribution in [2.75, 3.05) is 23.8 Å². The SMILES string of the molecule is Cc1ccc(O)c(C(=O)Nc2nc(CC(=O)Nc3ccc(OCCCO)cc3)cs2)c1. The molecule has 8 nitrogen and oxygen atoms in total. The number of aromatic nitrogens is 1. The van der Waals surface area contributed by atoms with Crippen LogP contribution < -0.4 is 15.4 Å². The van der Waals surface area contributed by atoms with Crippen molar-refractivity contribution in [2.45, 2.75) is 19.8 Å². The van der Waals surface area contributed by atoms with Crippen molar-refractivity contribution in [1.82, 2.24) is 4.98 Å². The number of nitrogens with one attached hydrogen (secondary N) is 2. The summed E-state index contributed by atoms with van der Waals surface area (Å²) in [7, 11) is 0. The molecule has 1 heterocycles. The molecule has 0 aliphatic heterocycles. The predicted octanol–water partition coefficient (Wildman–Crippen LogP) is 3.35. The molecule has 0 unspecified atom stereocenters. The molecule has 0 aliphatic carbocycles. The molecule has 1 aromatic heterocycles. The second kappa shape index (κ2) is 10.6. The highest BCUT2D eigenvalue weighted by Gasteiger charge is 2.14. The number of hydrogen-bond acceptors (Lipinski definition) is 7. The van der Waals surface area contributed by atoms with E-state index in [2.05, 4.69) is 15.6 Å². The number of ether oxygens (including phenoxy) is 1. The van der Waals surface area contributed by atoms with Gasteiger partial charge in [0.15, 0.2) is 5.13 Å². The van der Waals surface area contributed by atoms with E-state index in [1.54, 1.807) is 41.8 Å². The molecule has 0 spiro atoms. The van der Waals surface area contributed by atoms with Crippen molar-refractivity contribution in [3.05, 3.63) is 64.7 Å². The van der Waals surface area contributed by atoms with E-state index >= 15 is 0 Å². The quantitative estimate of drug-likeness (QED) is 0.378. The molecule has 2 amide bonds. The first-order valence-corrected chi connectivity index (χ1v) is 10.5. The summed E-state index contributed by atoms with van der Waals surface area (Å²) in [5.74, 6) is -0.156. The fourth-order valence-electron chi connectivity index (χ4n) is 2.70. The Balaban J connectivity index is 1.52. The van der Waals surface area contributed by atoms with Crippen molar-refractivity contribution >= 4 is 34.0 Å². The predicted molar refractivity (Wildman–Crippen MR) is 119 cm³/mol. The van der Waals surface area contributed by atoms with Crippen molar-refractivity contribution in [2.24, 2.45) is 0 Å². The van der Waals surface area contributed by atoms with Crippen LogP contribution in [0.2, 0.25) is 0 Å². The average molecular weight is 442 g/mol. The molecule has 0 atom stereocenters. The second-order valence-electron chi connectivity index (χ2n) is 6.79. The summed E-state index contributed by atoms with van der Waals surface area (Å²) in [6, 6.07) is 11.7. The standard InChI is InChI=1S/C22H23N3O5S/c1-14-3-8-19(27)18(11-14)21(29)25-22-24-16(13-31-22)12-20(28)23-15-4-6-17(7-5-15)30-10-2-9-26/h3-8,11,13,26-27H,2,9-10,12H2,1H3,(H,23,28)(H,24,25,29). The molecular weight excluding hydrogens is 418 g/mol. The van der Waals surface area contributed by atoms with Crippen molar-refractivity contribution < 1.29 is 24.5 Å². The number of aliphatic hydroxyl groups excluding tert-OH is 1. The van der Waals surface area contributed by atoms with Crippen LogP contribution in [-0.2, 0) is 11.2 Å². The molecule has 2 aromatic carbocycles. The Kier molecular flexibility index (Phi) is 7.58. The Morgan fingerprint density at radius 3 is 2.65 bits per heavy atom. The van der Waals surface area contributed by atoms with Gasteiger partial charge < -0.3 is 20.3 Å². The Morgan fingerprint density at radius 2 is 1.90 bits per heavy atom. The third-order valence-corrected chi connectivity index (χ3v) is 5.03. The molecule has 0 radical (unpaired) electrons. The summed E-state index contributed by atoms with van der Waals surface area (Å²) >= 11 is 1.20. The number of phenols is 1. The van der Waals surface area contributed by atoms with Crippen LogP contribution in [-0.4, -0.2) is 40.2 Å². The first kappa shape index (κ1) is 22.3. The van der Waals surface area contributed by atoms with E-state index in [4.69, 9.17) is 9.84 Å². The lowest BCUT2D eigenvalue weighted by Gasteiger charge is -2.07. The third-order valence-electron chi connectivity index (χ3n) is 4.22. The monoisotopic (exact) mass is 441 g/mol. The number of nitrogens with zero attached hydrogens (tertiary/aromatic N) is 1. The highest BCUT2D eigenvalue weighted by atomic mass is 32.1. The number of aromatic hydroxyl groups is 1. The summed E-state index contributed by atoms with van der Waals surface area (Å²) < 4.78 is 5.45. The minimum atomic E-state index is -0.465. The smallest absolute Gasteiger partial charge is 0.261 e. The van der Waals surface area contributed by atoms with Gasteiger partial charge in [-0.15, -0.1) is 11.3 Å². The van der Waals surface area contributed by atoms with Crippen LogP contribution in [0.3, 0.4) is 0 Å². The largest absolute Gasteiger partial charge is 0.507 e. The Labute approximate surface area is 183 Å². The van der Waals surface area contributed by atoms with Crippen molar-refractivity contribution in [1.29, 1.82) is 0 Å². The molecule has 162 valence electrons. The number of aryl methyl sites for hydroxylation is 1. The van der Waals surface area contributed by atoms with Gasteiger partial charge in [0, 0.05) is 24.1 Å². The molecule has 9 heteroatoms. The summed E-state index contributed by atoms with van der Waals surface area (Å²) in [5.41, 5.74) is 2.16. The van der Waals surface area contributed by atoms with Gasteiger partial charge in [0.2, 0.25) is 5.91 Å². The van der Waals surface area contributed by atoms with Crippen LogP contribution in [0, 0.1) is 6.92 Å². The first-order chi connectivity index (χ1) is 14.9. The number of phenolic OH excluding ortho intramolecular Hbond substituents is 1. The van der Waals surface area contributed by atoms with Gasteiger partial charge in [0.05, 0.1) is 24.3 Å². The zero-order valence-corrected chi connectivity index (χ0v) is 17.7. The lowest BCUT2D eigenvalue weighted by molar-refractivity contribution is -0.115. The van der Waals surface area contributed by atoms with Crippen LogP contribution in [0.5, 0.6) is 11.5 Å². The molecule has 4 N–H and O–H groups in total. The number of carbonyl (C=O) groups excluding carboxylic acids is 2. The van der Waals surface area contributed by atoms with Gasteiger partial charge in [-0.1, -0.05) is 11.6 Å². The maximum absolute atomic E-state index is 12.4. The van der Waals surface area contributed by atoms with E-state index in [1.807, 2.05) is 6.92 Å². The first-order valence-electron chi connectivity index (χ1n) is 9.63. The van der Waals surface area contributed by atoms with Crippen LogP contribution in [0.4, 0.5) is 10.8 Å².